The molecule has 5 rings (SSSR count). The summed E-state index contributed by atoms with van der Waals surface area (Å²) in [6.07, 6.45) is 0.533. The molecule has 7 heteroatoms. The number of aromatic nitrogens is 1. The highest BCUT2D eigenvalue weighted by Crippen LogP contribution is 2.36. The molecule has 0 spiro atoms. The zero-order chi connectivity index (χ0) is 21.4. The summed E-state index contributed by atoms with van der Waals surface area (Å²) in [6.45, 7) is 2.49. The molecule has 0 fully saturated rings. The highest BCUT2D eigenvalue weighted by Gasteiger charge is 2.30. The Labute approximate surface area is 181 Å². The molecule has 1 atom stereocenters. The SMILES string of the molecule is Cc1ccc(CNc2ccc3c(N[C@H]4CCS(=O)(=O)c5ccccc54)cccc3n2)o1. The number of rotatable bonds is 5. The summed E-state index contributed by atoms with van der Waals surface area (Å²) in [5, 5.41) is 7.85. The van der Waals surface area contributed by atoms with E-state index in [4.69, 9.17) is 9.40 Å². The van der Waals surface area contributed by atoms with E-state index in [1.807, 2.05) is 61.5 Å². The minimum atomic E-state index is -3.21. The van der Waals surface area contributed by atoms with Crippen molar-refractivity contribution in [3.05, 3.63) is 83.8 Å². The standard InChI is InChI=1S/C24H23N3O3S/c1-16-9-10-17(30-16)15-25-24-12-11-18-20(6-4-7-21(18)27-24)26-22-13-14-31(28,29)23-8-3-2-5-19(22)23/h2-12,22,26H,13-15H2,1H3,(H,25,27)/t22-/m0/s1. The van der Waals surface area contributed by atoms with Gasteiger partial charge in [0.2, 0.25) is 0 Å². The second kappa shape index (κ2) is 7.74. The smallest absolute Gasteiger partial charge is 0.178 e. The van der Waals surface area contributed by atoms with Crippen molar-refractivity contribution in [2.75, 3.05) is 16.4 Å². The van der Waals surface area contributed by atoms with Crippen LogP contribution in [0.5, 0.6) is 0 Å². The van der Waals surface area contributed by atoms with Crippen molar-refractivity contribution in [1.29, 1.82) is 0 Å². The van der Waals surface area contributed by atoms with Crippen molar-refractivity contribution >= 4 is 32.2 Å². The van der Waals surface area contributed by atoms with Crippen LogP contribution in [-0.4, -0.2) is 19.2 Å². The molecule has 1 aliphatic heterocycles. The normalized spacial score (nSPS) is 17.3. The van der Waals surface area contributed by atoms with Gasteiger partial charge in [0.05, 0.1) is 28.8 Å². The third kappa shape index (κ3) is 3.88. The second-order valence-electron chi connectivity index (χ2n) is 7.78. The van der Waals surface area contributed by atoms with Gasteiger partial charge in [-0.2, -0.15) is 0 Å². The topological polar surface area (TPSA) is 84.2 Å². The summed E-state index contributed by atoms with van der Waals surface area (Å²) in [6, 6.07) is 21.0. The summed E-state index contributed by atoms with van der Waals surface area (Å²) in [5.41, 5.74) is 2.63. The first-order valence-electron chi connectivity index (χ1n) is 10.3. The number of pyridine rings is 1. The van der Waals surface area contributed by atoms with Crippen molar-refractivity contribution < 1.29 is 12.8 Å². The van der Waals surface area contributed by atoms with Crippen LogP contribution in [0, 0.1) is 6.92 Å². The van der Waals surface area contributed by atoms with Crippen LogP contribution in [-0.2, 0) is 16.4 Å². The van der Waals surface area contributed by atoms with Crippen molar-refractivity contribution in [1.82, 2.24) is 4.98 Å². The van der Waals surface area contributed by atoms with E-state index in [0.29, 0.717) is 17.9 Å². The van der Waals surface area contributed by atoms with Gasteiger partial charge in [0.1, 0.15) is 17.3 Å². The predicted octanol–water partition coefficient (Wildman–Crippen LogP) is 5.08. The molecule has 31 heavy (non-hydrogen) atoms. The summed E-state index contributed by atoms with van der Waals surface area (Å²) in [5.74, 6) is 2.66. The molecule has 0 unspecified atom stereocenters. The molecule has 0 amide bonds. The number of aryl methyl sites for hydroxylation is 1. The average molecular weight is 434 g/mol. The van der Waals surface area contributed by atoms with Crippen LogP contribution in [0.25, 0.3) is 10.9 Å². The monoisotopic (exact) mass is 433 g/mol. The number of hydrogen-bond acceptors (Lipinski definition) is 6. The zero-order valence-corrected chi connectivity index (χ0v) is 17.9. The molecular weight excluding hydrogens is 410 g/mol. The maximum Gasteiger partial charge on any atom is 0.178 e. The number of furan rings is 1. The van der Waals surface area contributed by atoms with E-state index in [1.54, 1.807) is 12.1 Å². The number of nitrogens with one attached hydrogen (secondary N) is 2. The van der Waals surface area contributed by atoms with Crippen molar-refractivity contribution in [2.24, 2.45) is 0 Å². The lowest BCUT2D eigenvalue weighted by Gasteiger charge is -2.27. The van der Waals surface area contributed by atoms with Gasteiger partial charge in [-0.25, -0.2) is 13.4 Å². The maximum atomic E-state index is 12.4. The molecule has 0 saturated heterocycles. The first kappa shape index (κ1) is 19.6. The molecule has 1 aliphatic rings. The van der Waals surface area contributed by atoms with Crippen LogP contribution in [0.3, 0.4) is 0 Å². The van der Waals surface area contributed by atoms with Crippen LogP contribution in [0.4, 0.5) is 11.5 Å². The minimum absolute atomic E-state index is 0.0645. The second-order valence-corrected chi connectivity index (χ2v) is 9.85. The van der Waals surface area contributed by atoms with E-state index in [2.05, 4.69) is 10.6 Å². The third-order valence-electron chi connectivity index (χ3n) is 5.61. The van der Waals surface area contributed by atoms with Crippen LogP contribution >= 0.6 is 0 Å². The molecule has 2 N–H and O–H groups in total. The van der Waals surface area contributed by atoms with Gasteiger partial charge in [0.15, 0.2) is 9.84 Å². The van der Waals surface area contributed by atoms with Crippen molar-refractivity contribution in [3.63, 3.8) is 0 Å². The number of anilines is 2. The highest BCUT2D eigenvalue weighted by molar-refractivity contribution is 7.91. The Morgan fingerprint density at radius 2 is 1.90 bits per heavy atom. The van der Waals surface area contributed by atoms with Crippen LogP contribution in [0.15, 0.2) is 76.0 Å². The number of hydrogen-bond donors (Lipinski definition) is 2. The lowest BCUT2D eigenvalue weighted by atomic mass is 10.0. The average Bonchev–Trinajstić information content (AvgIpc) is 3.19. The molecule has 0 saturated carbocycles. The van der Waals surface area contributed by atoms with Gasteiger partial charge in [-0.05, 0) is 61.4 Å². The van der Waals surface area contributed by atoms with Gasteiger partial charge < -0.3 is 15.1 Å². The van der Waals surface area contributed by atoms with Gasteiger partial charge in [-0.15, -0.1) is 0 Å². The predicted molar refractivity (Wildman–Crippen MR) is 122 cm³/mol. The Morgan fingerprint density at radius 3 is 2.74 bits per heavy atom. The number of sulfone groups is 1. The molecule has 158 valence electrons. The quantitative estimate of drug-likeness (QED) is 0.457. The molecule has 2 aromatic carbocycles. The Morgan fingerprint density at radius 1 is 1.03 bits per heavy atom. The van der Waals surface area contributed by atoms with E-state index in [9.17, 15) is 8.42 Å². The molecule has 0 bridgehead atoms. The van der Waals surface area contributed by atoms with Gasteiger partial charge >= 0.3 is 0 Å². The summed E-state index contributed by atoms with van der Waals surface area (Å²) >= 11 is 0. The number of benzene rings is 2. The fraction of sp³-hybridized carbons (Fsp3) is 0.208. The van der Waals surface area contributed by atoms with Gasteiger partial charge in [-0.3, -0.25) is 0 Å². The van der Waals surface area contributed by atoms with Crippen molar-refractivity contribution in [3.8, 4) is 0 Å². The largest absolute Gasteiger partial charge is 0.465 e. The number of nitrogens with zero attached hydrogens (tertiary/aromatic N) is 1. The molecular formula is C24H23N3O3S. The summed E-state index contributed by atoms with van der Waals surface area (Å²) in [4.78, 5) is 5.16. The van der Waals surface area contributed by atoms with Gasteiger partial charge in [0, 0.05) is 11.1 Å². The van der Waals surface area contributed by atoms with Crippen molar-refractivity contribution in [2.45, 2.75) is 30.8 Å². The van der Waals surface area contributed by atoms with Gasteiger partial charge in [0.25, 0.3) is 0 Å². The first-order valence-corrected chi connectivity index (χ1v) is 11.9. The van der Waals surface area contributed by atoms with E-state index in [1.165, 1.54) is 0 Å². The molecule has 6 nitrogen and oxygen atoms in total. The van der Waals surface area contributed by atoms with Gasteiger partial charge in [-0.1, -0.05) is 24.3 Å². The lowest BCUT2D eigenvalue weighted by molar-refractivity contribution is 0.490. The van der Waals surface area contributed by atoms with Crippen LogP contribution in [0.2, 0.25) is 0 Å². The Balaban J connectivity index is 1.41. The summed E-state index contributed by atoms with van der Waals surface area (Å²) < 4.78 is 30.5. The van der Waals surface area contributed by atoms with Crippen LogP contribution < -0.4 is 10.6 Å². The minimum Gasteiger partial charge on any atom is -0.465 e. The molecule has 0 aliphatic carbocycles. The van der Waals surface area contributed by atoms with E-state index < -0.39 is 9.84 Å². The summed E-state index contributed by atoms with van der Waals surface area (Å²) in [7, 11) is -3.21. The Kier molecular flexibility index (Phi) is 4.90. The fourth-order valence-electron chi connectivity index (χ4n) is 4.06. The fourth-order valence-corrected chi connectivity index (χ4v) is 5.69. The van der Waals surface area contributed by atoms with E-state index in [0.717, 1.165) is 39.5 Å². The third-order valence-corrected chi connectivity index (χ3v) is 7.42. The molecule has 2 aromatic heterocycles. The van der Waals surface area contributed by atoms with E-state index in [-0.39, 0.29) is 11.8 Å². The Bertz CT molecular complexity index is 1360. The maximum absolute atomic E-state index is 12.4. The molecule has 0 radical (unpaired) electrons. The molecule has 3 heterocycles. The first-order chi connectivity index (χ1) is 15.0. The lowest BCUT2D eigenvalue weighted by Crippen LogP contribution is -2.24. The Hall–Kier alpha value is -3.32. The zero-order valence-electron chi connectivity index (χ0n) is 17.1. The number of fused-ring (bicyclic) bond motifs is 2. The molecule has 4 aromatic rings. The van der Waals surface area contributed by atoms with Crippen LogP contribution in [0.1, 0.15) is 29.5 Å². The van der Waals surface area contributed by atoms with E-state index >= 15 is 0 Å². The highest BCUT2D eigenvalue weighted by atomic mass is 32.2.